The average Bonchev–Trinajstić information content (AvgIpc) is 2.95. The molecule has 1 heterocycles. The monoisotopic (exact) mass is 354 g/mol. The van der Waals surface area contributed by atoms with E-state index in [1.165, 1.54) is 23.5 Å². The Morgan fingerprint density at radius 1 is 1.00 bits per heavy atom. The van der Waals surface area contributed by atoms with Gasteiger partial charge in [-0.05, 0) is 30.3 Å². The molecule has 0 radical (unpaired) electrons. The Kier molecular flexibility index (Phi) is 4.28. The molecular weight excluding hydrogens is 345 g/mol. The minimum absolute atomic E-state index is 0.540. The predicted octanol–water partition coefficient (Wildman–Crippen LogP) is 6.23. The van der Waals surface area contributed by atoms with Crippen LogP contribution in [-0.2, 0) is 6.18 Å². The van der Waals surface area contributed by atoms with Gasteiger partial charge in [-0.15, -0.1) is 11.3 Å². The third-order valence-electron chi connectivity index (χ3n) is 3.12. The standard InChI is InChI=1S/C16H10ClF3N2S/c17-13-4-2-1-3-12(13)14-9-23-15(22-14)21-11-7-5-10(6-8-11)16(18,19)20/h1-9H,(H,21,22). The smallest absolute Gasteiger partial charge is 0.332 e. The van der Waals surface area contributed by atoms with Gasteiger partial charge in [0.25, 0.3) is 0 Å². The molecule has 3 aromatic rings. The van der Waals surface area contributed by atoms with Crippen molar-refractivity contribution in [1.82, 2.24) is 4.98 Å². The van der Waals surface area contributed by atoms with Crippen molar-refractivity contribution < 1.29 is 13.2 Å². The second kappa shape index (κ2) is 6.22. The number of alkyl halides is 3. The van der Waals surface area contributed by atoms with Gasteiger partial charge in [-0.25, -0.2) is 4.98 Å². The van der Waals surface area contributed by atoms with Gasteiger partial charge in [-0.1, -0.05) is 29.8 Å². The maximum Gasteiger partial charge on any atom is 0.416 e. The van der Waals surface area contributed by atoms with Crippen molar-refractivity contribution in [3.63, 3.8) is 0 Å². The van der Waals surface area contributed by atoms with Crippen LogP contribution in [0.4, 0.5) is 24.0 Å². The summed E-state index contributed by atoms with van der Waals surface area (Å²) < 4.78 is 37.6. The van der Waals surface area contributed by atoms with Crippen LogP contribution in [0.15, 0.2) is 53.9 Å². The van der Waals surface area contributed by atoms with E-state index < -0.39 is 11.7 Å². The Balaban J connectivity index is 1.78. The van der Waals surface area contributed by atoms with Crippen molar-refractivity contribution in [2.75, 3.05) is 5.32 Å². The Hall–Kier alpha value is -2.05. The molecule has 7 heteroatoms. The minimum atomic E-state index is -4.34. The van der Waals surface area contributed by atoms with Gasteiger partial charge in [0.15, 0.2) is 5.13 Å². The molecule has 0 aliphatic rings. The molecular formula is C16H10ClF3N2S. The molecule has 0 aliphatic carbocycles. The summed E-state index contributed by atoms with van der Waals surface area (Å²) in [7, 11) is 0. The fourth-order valence-electron chi connectivity index (χ4n) is 1.99. The fraction of sp³-hybridized carbons (Fsp3) is 0.0625. The largest absolute Gasteiger partial charge is 0.416 e. The zero-order valence-corrected chi connectivity index (χ0v) is 13.1. The van der Waals surface area contributed by atoms with E-state index >= 15 is 0 Å². The molecule has 23 heavy (non-hydrogen) atoms. The Morgan fingerprint density at radius 2 is 1.70 bits per heavy atom. The molecule has 0 saturated carbocycles. The molecule has 2 aromatic carbocycles. The van der Waals surface area contributed by atoms with Crippen LogP contribution in [0, 0.1) is 0 Å². The van der Waals surface area contributed by atoms with Gasteiger partial charge in [-0.3, -0.25) is 0 Å². The molecule has 0 saturated heterocycles. The zero-order chi connectivity index (χ0) is 16.4. The number of nitrogens with zero attached hydrogens (tertiary/aromatic N) is 1. The first kappa shape index (κ1) is 15.8. The summed E-state index contributed by atoms with van der Waals surface area (Å²) in [5.74, 6) is 0. The van der Waals surface area contributed by atoms with Gasteiger partial charge in [0, 0.05) is 21.7 Å². The van der Waals surface area contributed by atoms with Gasteiger partial charge in [-0.2, -0.15) is 13.2 Å². The summed E-state index contributed by atoms with van der Waals surface area (Å²) in [6, 6.07) is 12.1. The summed E-state index contributed by atoms with van der Waals surface area (Å²) in [4.78, 5) is 4.41. The Bertz CT molecular complexity index is 813. The first-order chi connectivity index (χ1) is 10.9. The quantitative estimate of drug-likeness (QED) is 0.603. The lowest BCUT2D eigenvalue weighted by atomic mass is 10.2. The van der Waals surface area contributed by atoms with Crippen LogP contribution >= 0.6 is 22.9 Å². The summed E-state index contributed by atoms with van der Waals surface area (Å²) >= 11 is 7.48. The van der Waals surface area contributed by atoms with E-state index in [1.807, 2.05) is 23.6 Å². The SMILES string of the molecule is FC(F)(F)c1ccc(Nc2nc(-c3ccccc3Cl)cs2)cc1. The normalized spacial score (nSPS) is 11.5. The van der Waals surface area contributed by atoms with Crippen LogP contribution in [0.25, 0.3) is 11.3 Å². The maximum atomic E-state index is 12.5. The highest BCUT2D eigenvalue weighted by Crippen LogP contribution is 2.33. The number of rotatable bonds is 3. The third-order valence-corrected chi connectivity index (χ3v) is 4.20. The van der Waals surface area contributed by atoms with Crippen LogP contribution < -0.4 is 5.32 Å². The van der Waals surface area contributed by atoms with E-state index in [-0.39, 0.29) is 0 Å². The van der Waals surface area contributed by atoms with Crippen molar-refractivity contribution in [1.29, 1.82) is 0 Å². The molecule has 0 bridgehead atoms. The number of hydrogen-bond donors (Lipinski definition) is 1. The predicted molar refractivity (Wildman–Crippen MR) is 87.3 cm³/mol. The van der Waals surface area contributed by atoms with Crippen molar-refractivity contribution in [3.05, 3.63) is 64.5 Å². The Labute approximate surface area is 139 Å². The van der Waals surface area contributed by atoms with E-state index in [0.717, 1.165) is 23.4 Å². The van der Waals surface area contributed by atoms with E-state index in [0.29, 0.717) is 15.8 Å². The number of thiazole rings is 1. The highest BCUT2D eigenvalue weighted by molar-refractivity contribution is 7.14. The van der Waals surface area contributed by atoms with Gasteiger partial charge < -0.3 is 5.32 Å². The van der Waals surface area contributed by atoms with Gasteiger partial charge in [0.05, 0.1) is 11.3 Å². The lowest BCUT2D eigenvalue weighted by molar-refractivity contribution is -0.137. The first-order valence-electron chi connectivity index (χ1n) is 6.58. The number of anilines is 2. The minimum Gasteiger partial charge on any atom is -0.332 e. The first-order valence-corrected chi connectivity index (χ1v) is 7.84. The zero-order valence-electron chi connectivity index (χ0n) is 11.6. The number of aromatic nitrogens is 1. The average molecular weight is 355 g/mol. The van der Waals surface area contributed by atoms with Crippen LogP contribution in [0.5, 0.6) is 0 Å². The van der Waals surface area contributed by atoms with Crippen LogP contribution in [-0.4, -0.2) is 4.98 Å². The van der Waals surface area contributed by atoms with Crippen molar-refractivity contribution in [3.8, 4) is 11.3 Å². The lowest BCUT2D eigenvalue weighted by Crippen LogP contribution is -2.04. The molecule has 0 amide bonds. The summed E-state index contributed by atoms with van der Waals surface area (Å²) in [5.41, 5.74) is 1.39. The molecule has 1 aromatic heterocycles. The third kappa shape index (κ3) is 3.65. The summed E-state index contributed by atoms with van der Waals surface area (Å²) in [5, 5.41) is 6.01. The van der Waals surface area contributed by atoms with Gasteiger partial charge >= 0.3 is 6.18 Å². The van der Waals surface area contributed by atoms with E-state index in [2.05, 4.69) is 10.3 Å². The molecule has 118 valence electrons. The van der Waals surface area contributed by atoms with Crippen LogP contribution in [0.1, 0.15) is 5.56 Å². The second-order valence-electron chi connectivity index (χ2n) is 4.72. The molecule has 0 spiro atoms. The number of benzene rings is 2. The Morgan fingerprint density at radius 3 is 2.35 bits per heavy atom. The number of halogens is 4. The molecule has 0 aliphatic heterocycles. The van der Waals surface area contributed by atoms with Gasteiger partial charge in [0.2, 0.25) is 0 Å². The molecule has 2 nitrogen and oxygen atoms in total. The summed E-state index contributed by atoms with van der Waals surface area (Å²) in [6.07, 6.45) is -4.34. The van der Waals surface area contributed by atoms with Gasteiger partial charge in [0.1, 0.15) is 0 Å². The van der Waals surface area contributed by atoms with Crippen LogP contribution in [0.2, 0.25) is 5.02 Å². The fourth-order valence-corrected chi connectivity index (χ4v) is 2.95. The van der Waals surface area contributed by atoms with E-state index in [9.17, 15) is 13.2 Å². The summed E-state index contributed by atoms with van der Waals surface area (Å²) in [6.45, 7) is 0. The van der Waals surface area contributed by atoms with E-state index in [1.54, 1.807) is 6.07 Å². The highest BCUT2D eigenvalue weighted by atomic mass is 35.5. The molecule has 0 unspecified atom stereocenters. The molecule has 1 N–H and O–H groups in total. The molecule has 0 atom stereocenters. The van der Waals surface area contributed by atoms with Crippen molar-refractivity contribution in [2.45, 2.75) is 6.18 Å². The van der Waals surface area contributed by atoms with Crippen molar-refractivity contribution >= 4 is 33.8 Å². The maximum absolute atomic E-state index is 12.5. The highest BCUT2D eigenvalue weighted by Gasteiger charge is 2.29. The van der Waals surface area contributed by atoms with Crippen molar-refractivity contribution in [2.24, 2.45) is 0 Å². The van der Waals surface area contributed by atoms with Crippen LogP contribution in [0.3, 0.4) is 0 Å². The number of hydrogen-bond acceptors (Lipinski definition) is 3. The number of nitrogens with one attached hydrogen (secondary N) is 1. The van der Waals surface area contributed by atoms with E-state index in [4.69, 9.17) is 11.6 Å². The molecule has 3 rings (SSSR count). The lowest BCUT2D eigenvalue weighted by Gasteiger charge is -2.07. The topological polar surface area (TPSA) is 24.9 Å². The molecule has 0 fully saturated rings. The second-order valence-corrected chi connectivity index (χ2v) is 5.98.